The number of thiophene rings is 1. The van der Waals surface area contributed by atoms with Gasteiger partial charge in [0, 0.05) is 75.3 Å². The van der Waals surface area contributed by atoms with Crippen molar-refractivity contribution in [3.63, 3.8) is 0 Å². The first-order chi connectivity index (χ1) is 30.8. The number of para-hydroxylation sites is 1. The lowest BCUT2D eigenvalue weighted by molar-refractivity contribution is 0.590. The van der Waals surface area contributed by atoms with Gasteiger partial charge in [-0.1, -0.05) is 140 Å². The number of anilines is 2. The third-order valence-electron chi connectivity index (χ3n) is 15.3. The van der Waals surface area contributed by atoms with Gasteiger partial charge in [0.15, 0.2) is 0 Å². The van der Waals surface area contributed by atoms with Gasteiger partial charge < -0.3 is 13.8 Å². The average Bonchev–Trinajstić information content (AvgIpc) is 4.00. The Balaban J connectivity index is 1.23. The number of hydrogen-bond acceptors (Lipinski definition) is 3. The van der Waals surface area contributed by atoms with Crippen LogP contribution in [0, 0.1) is 0 Å². The first kappa shape index (κ1) is 36.9. The molecule has 0 saturated carbocycles. The summed E-state index contributed by atoms with van der Waals surface area (Å²) in [6.45, 7) is 18.6. The summed E-state index contributed by atoms with van der Waals surface area (Å²) in [5.74, 6) is 0. The van der Waals surface area contributed by atoms with Gasteiger partial charge in [-0.05, 0) is 110 Å². The van der Waals surface area contributed by atoms with Crippen molar-refractivity contribution >= 4 is 104 Å². The van der Waals surface area contributed by atoms with Crippen molar-refractivity contribution in [3.8, 4) is 27.9 Å². The number of aromatic nitrogens is 1. The zero-order chi connectivity index (χ0) is 43.3. The van der Waals surface area contributed by atoms with Crippen LogP contribution in [0.5, 0.6) is 0 Å². The zero-order valence-electron chi connectivity index (χ0n) is 37.6. The van der Waals surface area contributed by atoms with E-state index in [9.17, 15) is 0 Å². The van der Waals surface area contributed by atoms with Gasteiger partial charge >= 0.3 is 6.85 Å². The number of nitrogens with zero attached hydrogens (tertiary/aromatic N) is 2. The van der Waals surface area contributed by atoms with Crippen LogP contribution in [0.2, 0.25) is 0 Å². The molecule has 3 nitrogen and oxygen atoms in total. The molecule has 14 rings (SSSR count). The molecule has 5 heteroatoms. The van der Waals surface area contributed by atoms with E-state index in [4.69, 9.17) is 4.42 Å². The van der Waals surface area contributed by atoms with Gasteiger partial charge in [0.1, 0.15) is 11.2 Å². The topological polar surface area (TPSA) is 21.3 Å². The summed E-state index contributed by atoms with van der Waals surface area (Å²) in [6, 6.07) is 53.7. The second-order valence-electron chi connectivity index (χ2n) is 21.3. The third kappa shape index (κ3) is 4.58. The van der Waals surface area contributed by atoms with Gasteiger partial charge in [-0.2, -0.15) is 0 Å². The summed E-state index contributed by atoms with van der Waals surface area (Å²) < 4.78 is 12.6. The van der Waals surface area contributed by atoms with Crippen LogP contribution in [0.15, 0.2) is 144 Å². The molecule has 64 heavy (non-hydrogen) atoms. The van der Waals surface area contributed by atoms with E-state index in [1.807, 2.05) is 11.3 Å². The van der Waals surface area contributed by atoms with E-state index in [1.54, 1.807) is 0 Å². The van der Waals surface area contributed by atoms with Gasteiger partial charge in [-0.25, -0.2) is 0 Å². The fraction of sp³-hybridized carbons (Fsp3) is 0.186. The van der Waals surface area contributed by atoms with Gasteiger partial charge in [0.25, 0.3) is 0 Å². The Hall–Kier alpha value is -6.56. The van der Waals surface area contributed by atoms with E-state index in [-0.39, 0.29) is 23.1 Å². The molecule has 308 valence electrons. The summed E-state index contributed by atoms with van der Waals surface area (Å²) in [5, 5.41) is 7.57. The molecular formula is C59H47BN2OS. The second kappa shape index (κ2) is 12.0. The maximum atomic E-state index is 7.35. The standard InChI is InChI=1S/C59H47BN2OS/c1-57(2,3)32-21-24-34(25-22-32)62-46-30-43-38(35-15-9-12-18-42(35)59(43,7)8)28-41(46)53-54-55-51(52-37-17-10-13-19-48(37)63-56(52)53)40-27-33(58(4,5)6)23-26-45(40)61(55)47-31-50-39(29-44(47)60(54)62)36-16-11-14-20-49(36)64-50/h9-31H,1-8H3. The maximum absolute atomic E-state index is 7.35. The minimum atomic E-state index is -0.176. The Morgan fingerprint density at radius 1 is 0.562 bits per heavy atom. The highest BCUT2D eigenvalue weighted by Crippen LogP contribution is 2.57. The highest BCUT2D eigenvalue weighted by molar-refractivity contribution is 7.26. The van der Waals surface area contributed by atoms with Crippen molar-refractivity contribution in [1.29, 1.82) is 0 Å². The molecule has 2 aliphatic heterocycles. The molecule has 8 aromatic carbocycles. The quantitative estimate of drug-likeness (QED) is 0.154. The Labute approximate surface area is 377 Å². The molecule has 3 aromatic heterocycles. The molecule has 11 aromatic rings. The molecule has 0 radical (unpaired) electrons. The van der Waals surface area contributed by atoms with Crippen LogP contribution in [0.25, 0.3) is 91.9 Å². The van der Waals surface area contributed by atoms with Crippen LogP contribution in [0.3, 0.4) is 0 Å². The molecule has 0 saturated heterocycles. The van der Waals surface area contributed by atoms with Crippen molar-refractivity contribution in [3.05, 3.63) is 162 Å². The van der Waals surface area contributed by atoms with E-state index < -0.39 is 0 Å². The molecule has 0 atom stereocenters. The fourth-order valence-corrected chi connectivity index (χ4v) is 13.2. The molecule has 0 bridgehead atoms. The first-order valence-corrected chi connectivity index (χ1v) is 23.7. The van der Waals surface area contributed by atoms with Crippen molar-refractivity contribution < 1.29 is 4.42 Å². The van der Waals surface area contributed by atoms with E-state index in [0.717, 1.165) is 16.6 Å². The maximum Gasteiger partial charge on any atom is 0.333 e. The van der Waals surface area contributed by atoms with Crippen molar-refractivity contribution in [2.75, 3.05) is 4.81 Å². The number of hydrogen-bond donors (Lipinski definition) is 0. The molecule has 0 unspecified atom stereocenters. The Morgan fingerprint density at radius 2 is 1.28 bits per heavy atom. The second-order valence-corrected chi connectivity index (χ2v) is 22.4. The first-order valence-electron chi connectivity index (χ1n) is 22.9. The fourth-order valence-electron chi connectivity index (χ4n) is 12.1. The van der Waals surface area contributed by atoms with Crippen LogP contribution in [0.1, 0.15) is 77.6 Å². The molecule has 0 N–H and O–H groups in total. The average molecular weight is 843 g/mol. The molecule has 3 aliphatic rings. The normalized spacial score (nSPS) is 14.9. The number of rotatable bonds is 1. The SMILES string of the molecule is CC(C)(C)c1ccc(N2B3c4cc5c(cc4-n4c6ccc(C(C)(C)C)cc6c6c7c(oc8ccccc87)c(c3c64)-c3cc4c(cc32)C(C)(C)c2ccccc2-4)sc2ccccc25)cc1. The minimum absolute atomic E-state index is 0.0243. The lowest BCUT2D eigenvalue weighted by Crippen LogP contribution is -2.60. The highest BCUT2D eigenvalue weighted by Gasteiger charge is 2.48. The smallest absolute Gasteiger partial charge is 0.333 e. The predicted molar refractivity (Wildman–Crippen MR) is 275 cm³/mol. The van der Waals surface area contributed by atoms with E-state index in [0.29, 0.717) is 0 Å². The van der Waals surface area contributed by atoms with E-state index >= 15 is 0 Å². The third-order valence-corrected chi connectivity index (χ3v) is 16.4. The molecule has 0 spiro atoms. The number of fused-ring (bicyclic) bond motifs is 19. The number of benzene rings is 8. The lowest BCUT2D eigenvalue weighted by atomic mass is 9.43. The van der Waals surface area contributed by atoms with Crippen LogP contribution < -0.4 is 15.7 Å². The van der Waals surface area contributed by atoms with E-state index in [1.165, 1.54) is 120 Å². The van der Waals surface area contributed by atoms with E-state index in [2.05, 4.69) is 204 Å². The van der Waals surface area contributed by atoms with Gasteiger partial charge in [-0.15, -0.1) is 11.3 Å². The largest absolute Gasteiger partial charge is 0.455 e. The highest BCUT2D eigenvalue weighted by atomic mass is 32.1. The molecule has 1 aliphatic carbocycles. The summed E-state index contributed by atoms with van der Waals surface area (Å²) >= 11 is 1.91. The Bertz CT molecular complexity index is 3900. The molecular weight excluding hydrogens is 796 g/mol. The van der Waals surface area contributed by atoms with Crippen LogP contribution in [-0.2, 0) is 16.2 Å². The summed E-state index contributed by atoms with van der Waals surface area (Å²) in [4.78, 5) is 2.71. The molecule has 5 heterocycles. The van der Waals surface area contributed by atoms with Gasteiger partial charge in [0.05, 0.1) is 11.0 Å². The minimum Gasteiger partial charge on any atom is -0.455 e. The summed E-state index contributed by atoms with van der Waals surface area (Å²) in [6.07, 6.45) is 0. The van der Waals surface area contributed by atoms with Crippen LogP contribution in [-0.4, -0.2) is 11.4 Å². The molecule has 0 fully saturated rings. The van der Waals surface area contributed by atoms with Crippen LogP contribution in [0.4, 0.5) is 11.4 Å². The summed E-state index contributed by atoms with van der Waals surface area (Å²) in [5.41, 5.74) is 21.0. The van der Waals surface area contributed by atoms with Crippen molar-refractivity contribution in [1.82, 2.24) is 4.57 Å². The van der Waals surface area contributed by atoms with Crippen LogP contribution >= 0.6 is 11.3 Å². The molecule has 0 amide bonds. The lowest BCUT2D eigenvalue weighted by Gasteiger charge is -2.42. The summed E-state index contributed by atoms with van der Waals surface area (Å²) in [7, 11) is 0. The Kier molecular flexibility index (Phi) is 6.89. The Morgan fingerprint density at radius 3 is 2.08 bits per heavy atom. The van der Waals surface area contributed by atoms with Crippen molar-refractivity contribution in [2.45, 2.75) is 71.6 Å². The number of furan rings is 1. The van der Waals surface area contributed by atoms with Crippen molar-refractivity contribution in [2.24, 2.45) is 0 Å². The zero-order valence-corrected chi connectivity index (χ0v) is 38.4. The monoisotopic (exact) mass is 842 g/mol. The van der Waals surface area contributed by atoms with Gasteiger partial charge in [0.2, 0.25) is 0 Å². The predicted octanol–water partition coefficient (Wildman–Crippen LogP) is 15.2. The van der Waals surface area contributed by atoms with Gasteiger partial charge in [-0.3, -0.25) is 0 Å².